The van der Waals surface area contributed by atoms with Gasteiger partial charge in [-0.3, -0.25) is 4.90 Å². The molecule has 1 aliphatic carbocycles. The molecule has 3 rings (SSSR count). The average molecular weight is 150 g/mol. The zero-order valence-corrected chi connectivity index (χ0v) is 7.00. The summed E-state index contributed by atoms with van der Waals surface area (Å²) in [5.74, 6) is 0. The van der Waals surface area contributed by atoms with Gasteiger partial charge in [-0.05, 0) is 44.9 Å². The van der Waals surface area contributed by atoms with Crippen LogP contribution in [0.1, 0.15) is 38.5 Å². The molecule has 11 heavy (non-hydrogen) atoms. The molecular weight excluding hydrogens is 134 g/mol. The third-order valence-corrected chi connectivity index (χ3v) is 3.81. The zero-order valence-electron chi connectivity index (χ0n) is 7.00. The van der Waals surface area contributed by atoms with Crippen molar-refractivity contribution in [3.05, 3.63) is 6.42 Å². The molecule has 3 aliphatic rings. The molecule has 2 saturated heterocycles. The van der Waals surface area contributed by atoms with Crippen LogP contribution in [0.25, 0.3) is 0 Å². The summed E-state index contributed by atoms with van der Waals surface area (Å²) in [6, 6.07) is 2.97. The fourth-order valence-corrected chi connectivity index (χ4v) is 3.11. The highest BCUT2D eigenvalue weighted by Crippen LogP contribution is 2.42. The van der Waals surface area contributed by atoms with Crippen LogP contribution in [-0.2, 0) is 0 Å². The van der Waals surface area contributed by atoms with Crippen LogP contribution in [0.5, 0.6) is 0 Å². The molecule has 0 aromatic carbocycles. The second-order valence-corrected chi connectivity index (χ2v) is 4.32. The first kappa shape index (κ1) is 6.47. The van der Waals surface area contributed by atoms with Crippen LogP contribution < -0.4 is 0 Å². The molecule has 3 fully saturated rings. The smallest absolute Gasteiger partial charge is 0.0107 e. The van der Waals surface area contributed by atoms with Gasteiger partial charge in [0, 0.05) is 18.1 Å². The van der Waals surface area contributed by atoms with Gasteiger partial charge in [0.1, 0.15) is 0 Å². The highest BCUT2D eigenvalue weighted by atomic mass is 15.3. The summed E-state index contributed by atoms with van der Waals surface area (Å²) < 4.78 is 0. The lowest BCUT2D eigenvalue weighted by atomic mass is 9.91. The van der Waals surface area contributed by atoms with Gasteiger partial charge in [0.15, 0.2) is 0 Å². The predicted molar refractivity (Wildman–Crippen MR) is 45.2 cm³/mol. The second-order valence-electron chi connectivity index (χ2n) is 4.32. The van der Waals surface area contributed by atoms with Gasteiger partial charge >= 0.3 is 0 Å². The fraction of sp³-hybridized carbons (Fsp3) is 0.900. The lowest BCUT2D eigenvalue weighted by Gasteiger charge is -2.37. The van der Waals surface area contributed by atoms with Gasteiger partial charge in [-0.1, -0.05) is 0 Å². The molecule has 0 aromatic heterocycles. The van der Waals surface area contributed by atoms with E-state index < -0.39 is 0 Å². The van der Waals surface area contributed by atoms with Crippen LogP contribution >= 0.6 is 0 Å². The lowest BCUT2D eigenvalue weighted by molar-refractivity contribution is 0.140. The van der Waals surface area contributed by atoms with Gasteiger partial charge in [0.25, 0.3) is 0 Å². The van der Waals surface area contributed by atoms with Crippen molar-refractivity contribution in [2.24, 2.45) is 0 Å². The minimum atomic E-state index is 0.968. The van der Waals surface area contributed by atoms with E-state index in [2.05, 4.69) is 11.3 Å². The molecule has 2 aliphatic heterocycles. The second kappa shape index (κ2) is 2.22. The summed E-state index contributed by atoms with van der Waals surface area (Å²) in [7, 11) is 0. The van der Waals surface area contributed by atoms with Crippen LogP contribution in [0.2, 0.25) is 0 Å². The fourth-order valence-electron chi connectivity index (χ4n) is 3.11. The Morgan fingerprint density at radius 2 is 1.36 bits per heavy atom. The summed E-state index contributed by atoms with van der Waals surface area (Å²) in [5, 5.41) is 0. The van der Waals surface area contributed by atoms with Crippen LogP contribution in [0, 0.1) is 6.42 Å². The lowest BCUT2D eigenvalue weighted by Crippen LogP contribution is -2.43. The standard InChI is InChI=1S/C10H16N/c1-2-8(3-1)11-9-4-5-10(11)7-6-9/h1,8-10H,2-7H2. The Kier molecular flexibility index (Phi) is 1.31. The summed E-state index contributed by atoms with van der Waals surface area (Å²) in [4.78, 5) is 2.83. The Bertz CT molecular complexity index is 142. The Morgan fingerprint density at radius 3 is 1.73 bits per heavy atom. The average Bonchev–Trinajstić information content (AvgIpc) is 2.46. The molecule has 1 saturated carbocycles. The first-order valence-electron chi connectivity index (χ1n) is 5.04. The van der Waals surface area contributed by atoms with E-state index >= 15 is 0 Å². The molecule has 0 spiro atoms. The van der Waals surface area contributed by atoms with Crippen molar-refractivity contribution < 1.29 is 0 Å². The SMILES string of the molecule is [CH]1CC(N2C3CCC2CC3)C1. The molecule has 0 N–H and O–H groups in total. The van der Waals surface area contributed by atoms with Crippen molar-refractivity contribution in [1.82, 2.24) is 4.90 Å². The van der Waals surface area contributed by atoms with E-state index in [1.54, 1.807) is 0 Å². The quantitative estimate of drug-likeness (QED) is 0.552. The normalized spacial score (nSPS) is 44.7. The summed E-state index contributed by atoms with van der Waals surface area (Å²) in [6.45, 7) is 0. The molecule has 0 amide bonds. The Balaban J connectivity index is 1.76. The van der Waals surface area contributed by atoms with Crippen LogP contribution in [0.15, 0.2) is 0 Å². The minimum Gasteiger partial charge on any atom is -0.294 e. The summed E-state index contributed by atoms with van der Waals surface area (Å²) in [5.41, 5.74) is 0. The van der Waals surface area contributed by atoms with Crippen LogP contribution in [0.4, 0.5) is 0 Å². The topological polar surface area (TPSA) is 3.24 Å². The van der Waals surface area contributed by atoms with E-state index in [1.165, 1.54) is 38.5 Å². The van der Waals surface area contributed by atoms with E-state index in [9.17, 15) is 0 Å². The highest BCUT2D eigenvalue weighted by Gasteiger charge is 2.44. The summed E-state index contributed by atoms with van der Waals surface area (Å²) >= 11 is 0. The van der Waals surface area contributed by atoms with Gasteiger partial charge in [0.05, 0.1) is 0 Å². The third-order valence-electron chi connectivity index (χ3n) is 3.81. The van der Waals surface area contributed by atoms with Crippen LogP contribution in [-0.4, -0.2) is 23.0 Å². The molecule has 1 radical (unpaired) electrons. The molecule has 0 unspecified atom stereocenters. The first-order valence-corrected chi connectivity index (χ1v) is 5.04. The first-order chi connectivity index (χ1) is 5.45. The molecular formula is C10H16N. The Hall–Kier alpha value is -0.0400. The van der Waals surface area contributed by atoms with E-state index in [1.807, 2.05) is 0 Å². The highest BCUT2D eigenvalue weighted by molar-refractivity contribution is 5.03. The summed E-state index contributed by atoms with van der Waals surface area (Å²) in [6.07, 6.45) is 11.2. The van der Waals surface area contributed by atoms with E-state index in [0.29, 0.717) is 0 Å². The van der Waals surface area contributed by atoms with E-state index in [0.717, 1.165) is 18.1 Å². The maximum atomic E-state index is 2.83. The molecule has 2 heterocycles. The third kappa shape index (κ3) is 0.807. The number of hydrogen-bond acceptors (Lipinski definition) is 1. The Morgan fingerprint density at radius 1 is 0.818 bits per heavy atom. The molecule has 0 aromatic rings. The molecule has 2 bridgehead atoms. The minimum absolute atomic E-state index is 0.968. The van der Waals surface area contributed by atoms with Gasteiger partial charge in [0.2, 0.25) is 0 Å². The number of fused-ring (bicyclic) bond motifs is 2. The van der Waals surface area contributed by atoms with E-state index in [-0.39, 0.29) is 0 Å². The maximum absolute atomic E-state index is 2.83. The molecule has 1 heteroatoms. The Labute approximate surface area is 68.8 Å². The molecule has 0 atom stereocenters. The largest absolute Gasteiger partial charge is 0.294 e. The van der Waals surface area contributed by atoms with Crippen molar-refractivity contribution in [3.63, 3.8) is 0 Å². The molecule has 61 valence electrons. The van der Waals surface area contributed by atoms with Crippen molar-refractivity contribution in [2.45, 2.75) is 56.7 Å². The number of rotatable bonds is 1. The van der Waals surface area contributed by atoms with Crippen molar-refractivity contribution in [3.8, 4) is 0 Å². The maximum Gasteiger partial charge on any atom is 0.0107 e. The van der Waals surface area contributed by atoms with Gasteiger partial charge < -0.3 is 0 Å². The van der Waals surface area contributed by atoms with Crippen molar-refractivity contribution >= 4 is 0 Å². The predicted octanol–water partition coefficient (Wildman–Crippen LogP) is 1.98. The van der Waals surface area contributed by atoms with Crippen LogP contribution in [0.3, 0.4) is 0 Å². The van der Waals surface area contributed by atoms with Gasteiger partial charge in [-0.2, -0.15) is 0 Å². The zero-order chi connectivity index (χ0) is 7.26. The van der Waals surface area contributed by atoms with Crippen molar-refractivity contribution in [2.75, 3.05) is 0 Å². The van der Waals surface area contributed by atoms with Gasteiger partial charge in [-0.15, -0.1) is 0 Å². The number of nitrogens with zero attached hydrogens (tertiary/aromatic N) is 1. The number of hydrogen-bond donors (Lipinski definition) is 0. The molecule has 1 nitrogen and oxygen atoms in total. The van der Waals surface area contributed by atoms with Gasteiger partial charge in [-0.25, -0.2) is 0 Å². The van der Waals surface area contributed by atoms with Crippen molar-refractivity contribution in [1.29, 1.82) is 0 Å². The monoisotopic (exact) mass is 150 g/mol. The van der Waals surface area contributed by atoms with E-state index in [4.69, 9.17) is 0 Å².